The fraction of sp³-hybridized carbons (Fsp3) is 0.500. The quantitative estimate of drug-likeness (QED) is 0.833. The first-order chi connectivity index (χ1) is 10.3. The number of esters is 1. The second-order valence-corrected chi connectivity index (χ2v) is 5.30. The molecule has 0 bridgehead atoms. The second-order valence-electron chi connectivity index (χ2n) is 5.30. The van der Waals surface area contributed by atoms with Gasteiger partial charge in [-0.1, -0.05) is 0 Å². The number of aromatic hydroxyl groups is 1. The number of hydrogen-bond acceptors (Lipinski definition) is 5. The minimum absolute atomic E-state index is 0.0356. The Morgan fingerprint density at radius 3 is 2.82 bits per heavy atom. The molecule has 22 heavy (non-hydrogen) atoms. The molecule has 1 fully saturated rings. The van der Waals surface area contributed by atoms with Gasteiger partial charge in [0, 0.05) is 25.5 Å². The smallest absolute Gasteiger partial charge is 0.339 e. The van der Waals surface area contributed by atoms with Crippen molar-refractivity contribution in [2.45, 2.75) is 31.6 Å². The molecule has 8 heteroatoms. The maximum absolute atomic E-state index is 13.1. The zero-order chi connectivity index (χ0) is 16.3. The molecule has 1 aliphatic rings. The summed E-state index contributed by atoms with van der Waals surface area (Å²) in [6.07, 6.45) is 0.866. The third-order valence-electron chi connectivity index (χ3n) is 3.53. The molecule has 2 rings (SSSR count). The number of carbonyl (C=O) groups excluding carboxylic acids is 2. The van der Waals surface area contributed by atoms with Gasteiger partial charge in [0.05, 0.1) is 12.7 Å². The van der Waals surface area contributed by atoms with E-state index < -0.39 is 23.5 Å². The Bertz CT molecular complexity index is 592. The Hall–Kier alpha value is -2.25. The molecule has 1 heterocycles. The van der Waals surface area contributed by atoms with E-state index in [0.29, 0.717) is 6.42 Å². The number of carbonyl (C=O) groups is 2. The summed E-state index contributed by atoms with van der Waals surface area (Å²) in [6, 6.07) is 1.11. The number of halogens is 2. The highest BCUT2D eigenvalue weighted by molar-refractivity contribution is 5.93. The van der Waals surface area contributed by atoms with Crippen LogP contribution in [0.1, 0.15) is 36.0 Å². The van der Waals surface area contributed by atoms with Gasteiger partial charge in [-0.3, -0.25) is 4.79 Å². The molecule has 1 aromatic rings. The summed E-state index contributed by atoms with van der Waals surface area (Å²) < 4.78 is 30.6. The number of rotatable bonds is 4. The minimum atomic E-state index is -2.70. The molecule has 6 nitrogen and oxygen atoms in total. The third-order valence-corrected chi connectivity index (χ3v) is 3.53. The highest BCUT2D eigenvalue weighted by Crippen LogP contribution is 2.40. The summed E-state index contributed by atoms with van der Waals surface area (Å²) in [5, 5.41) is 12.1. The normalized spacial score (nSPS) is 19.7. The van der Waals surface area contributed by atoms with Crippen molar-refractivity contribution in [1.82, 2.24) is 4.98 Å². The maximum Gasteiger partial charge on any atom is 0.339 e. The molecular weight excluding hydrogens is 298 g/mol. The highest BCUT2D eigenvalue weighted by atomic mass is 19.3. The van der Waals surface area contributed by atoms with Crippen LogP contribution >= 0.6 is 0 Å². The van der Waals surface area contributed by atoms with Gasteiger partial charge in [-0.25, -0.2) is 18.6 Å². The van der Waals surface area contributed by atoms with Crippen LogP contribution in [-0.2, 0) is 9.53 Å². The number of hydrogen-bond donors (Lipinski definition) is 2. The first-order valence-electron chi connectivity index (χ1n) is 6.76. The number of nitrogens with one attached hydrogen (secondary N) is 1. The molecule has 1 amide bonds. The number of anilines is 1. The number of pyridine rings is 1. The van der Waals surface area contributed by atoms with Gasteiger partial charge in [-0.2, -0.15) is 0 Å². The lowest BCUT2D eigenvalue weighted by atomic mass is 10.0. The molecule has 1 atom stereocenters. The van der Waals surface area contributed by atoms with E-state index in [1.165, 1.54) is 7.11 Å². The first-order valence-corrected chi connectivity index (χ1v) is 6.76. The molecule has 0 saturated heterocycles. The maximum atomic E-state index is 13.1. The van der Waals surface area contributed by atoms with Gasteiger partial charge in [-0.15, -0.1) is 0 Å². The first kappa shape index (κ1) is 16.1. The van der Waals surface area contributed by atoms with Gasteiger partial charge in [0.1, 0.15) is 0 Å². The largest absolute Gasteiger partial charge is 0.504 e. The molecule has 0 aliphatic heterocycles. The van der Waals surface area contributed by atoms with E-state index in [1.54, 1.807) is 0 Å². The molecule has 1 saturated carbocycles. The van der Waals surface area contributed by atoms with Crippen molar-refractivity contribution in [2.24, 2.45) is 5.92 Å². The predicted molar refractivity (Wildman–Crippen MR) is 72.8 cm³/mol. The van der Waals surface area contributed by atoms with Crippen LogP contribution in [-0.4, -0.2) is 35.0 Å². The number of amides is 1. The number of ether oxygens (including phenoxy) is 1. The van der Waals surface area contributed by atoms with Gasteiger partial charge < -0.3 is 15.2 Å². The fourth-order valence-corrected chi connectivity index (χ4v) is 2.44. The van der Waals surface area contributed by atoms with Crippen molar-refractivity contribution in [3.8, 4) is 5.75 Å². The molecule has 0 radical (unpaired) electrons. The van der Waals surface area contributed by atoms with Crippen molar-refractivity contribution in [3.63, 3.8) is 0 Å². The zero-order valence-corrected chi connectivity index (χ0v) is 11.9. The minimum Gasteiger partial charge on any atom is -0.504 e. The monoisotopic (exact) mass is 314 g/mol. The topological polar surface area (TPSA) is 88.5 Å². The lowest BCUT2D eigenvalue weighted by Gasteiger charge is -2.11. The lowest BCUT2D eigenvalue weighted by molar-refractivity contribution is -0.117. The summed E-state index contributed by atoms with van der Waals surface area (Å²) >= 11 is 0. The van der Waals surface area contributed by atoms with Crippen molar-refractivity contribution in [2.75, 3.05) is 12.4 Å². The number of methoxy groups -OCH3 is 1. The Morgan fingerprint density at radius 2 is 2.27 bits per heavy atom. The Kier molecular flexibility index (Phi) is 4.58. The van der Waals surface area contributed by atoms with E-state index in [9.17, 15) is 23.5 Å². The molecule has 0 spiro atoms. The number of alkyl halides is 2. The SMILES string of the molecule is COC(=O)c1cnc(NC(=O)CC2CCC(F)(F)C2)c(O)c1. The Balaban J connectivity index is 1.96. The zero-order valence-electron chi connectivity index (χ0n) is 11.9. The van der Waals surface area contributed by atoms with Crippen LogP contribution in [0.15, 0.2) is 12.3 Å². The van der Waals surface area contributed by atoms with Crippen LogP contribution in [0, 0.1) is 5.92 Å². The van der Waals surface area contributed by atoms with Crippen LogP contribution < -0.4 is 5.32 Å². The van der Waals surface area contributed by atoms with Crippen molar-refractivity contribution < 1.29 is 28.2 Å². The lowest BCUT2D eigenvalue weighted by Crippen LogP contribution is -2.18. The predicted octanol–water partition coefficient (Wildman–Crippen LogP) is 2.34. The van der Waals surface area contributed by atoms with Crippen molar-refractivity contribution in [3.05, 3.63) is 17.8 Å². The molecule has 1 unspecified atom stereocenters. The van der Waals surface area contributed by atoms with Gasteiger partial charge in [0.25, 0.3) is 0 Å². The molecular formula is C14H16F2N2O4. The fourth-order valence-electron chi connectivity index (χ4n) is 2.44. The van der Waals surface area contributed by atoms with E-state index in [2.05, 4.69) is 15.0 Å². The summed E-state index contributed by atoms with van der Waals surface area (Å²) in [5.74, 6) is -4.78. The van der Waals surface area contributed by atoms with Crippen LogP contribution in [0.5, 0.6) is 5.75 Å². The van der Waals surface area contributed by atoms with Crippen LogP contribution in [0.3, 0.4) is 0 Å². The van der Waals surface area contributed by atoms with Crippen LogP contribution in [0.2, 0.25) is 0 Å². The van der Waals surface area contributed by atoms with E-state index in [0.717, 1.165) is 12.3 Å². The van der Waals surface area contributed by atoms with Gasteiger partial charge >= 0.3 is 5.97 Å². The molecule has 0 aromatic carbocycles. The van der Waals surface area contributed by atoms with Crippen LogP contribution in [0.4, 0.5) is 14.6 Å². The van der Waals surface area contributed by atoms with Crippen molar-refractivity contribution in [1.29, 1.82) is 0 Å². The second kappa shape index (κ2) is 6.25. The van der Waals surface area contributed by atoms with Crippen molar-refractivity contribution >= 4 is 17.7 Å². The van der Waals surface area contributed by atoms with Gasteiger partial charge in [0.2, 0.25) is 11.8 Å². The van der Waals surface area contributed by atoms with E-state index >= 15 is 0 Å². The van der Waals surface area contributed by atoms with Gasteiger partial charge in [-0.05, 0) is 18.4 Å². The average Bonchev–Trinajstić information content (AvgIpc) is 2.79. The number of nitrogens with zero attached hydrogens (tertiary/aromatic N) is 1. The summed E-state index contributed by atoms with van der Waals surface area (Å²) in [6.45, 7) is 0. The summed E-state index contributed by atoms with van der Waals surface area (Å²) in [4.78, 5) is 26.8. The molecule has 1 aromatic heterocycles. The molecule has 2 N–H and O–H groups in total. The van der Waals surface area contributed by atoms with E-state index in [4.69, 9.17) is 0 Å². The van der Waals surface area contributed by atoms with Gasteiger partial charge in [0.15, 0.2) is 11.6 Å². The standard InChI is InChI=1S/C14H16F2N2O4/c1-22-13(21)9-5-10(19)12(17-7-9)18-11(20)4-8-2-3-14(15,16)6-8/h5,7-8,19H,2-4,6H2,1H3,(H,17,18,20). The van der Waals surface area contributed by atoms with Crippen LogP contribution in [0.25, 0.3) is 0 Å². The summed E-state index contributed by atoms with van der Waals surface area (Å²) in [5.41, 5.74) is 0.0356. The highest BCUT2D eigenvalue weighted by Gasteiger charge is 2.40. The van der Waals surface area contributed by atoms with E-state index in [-0.39, 0.29) is 36.6 Å². The molecule has 1 aliphatic carbocycles. The number of aromatic nitrogens is 1. The third kappa shape index (κ3) is 3.90. The summed E-state index contributed by atoms with van der Waals surface area (Å²) in [7, 11) is 1.19. The Labute approximate surface area is 125 Å². The molecule has 120 valence electrons. The van der Waals surface area contributed by atoms with E-state index in [1.807, 2.05) is 0 Å². The average molecular weight is 314 g/mol. The Morgan fingerprint density at radius 1 is 1.55 bits per heavy atom.